The molecule has 0 radical (unpaired) electrons. The van der Waals surface area contributed by atoms with Crippen molar-refractivity contribution in [1.29, 1.82) is 0 Å². The zero-order valence-corrected chi connectivity index (χ0v) is 18.2. The van der Waals surface area contributed by atoms with Gasteiger partial charge in [0.25, 0.3) is 0 Å². The Morgan fingerprint density at radius 1 is 0.885 bits per heavy atom. The van der Waals surface area contributed by atoms with Gasteiger partial charge in [0.05, 0.1) is 11.2 Å². The molecule has 10 N–H and O–H groups in total. The minimum absolute atomic E-state index is 0.0889. The minimum Gasteiger partial charge on any atom is -0.358 e. The average molecular weight is 452 g/mol. The van der Waals surface area contributed by atoms with Crippen LogP contribution in [0.5, 0.6) is 0 Å². The lowest BCUT2D eigenvalue weighted by atomic mass is 10.1. The molecule has 0 rings (SSSR count). The molecule has 0 aliphatic carbocycles. The molecule has 12 nitrogen and oxygen atoms in total. The molecule has 0 aromatic carbocycles. The van der Waals surface area contributed by atoms with Crippen LogP contribution >= 0.6 is 39.9 Å². The maximum absolute atomic E-state index is 11.1. The molecule has 154 valence electrons. The van der Waals surface area contributed by atoms with Crippen LogP contribution in [0.15, 0.2) is 0 Å². The van der Waals surface area contributed by atoms with E-state index in [0.717, 1.165) is 0 Å². The smallest absolute Gasteiger partial charge is 0.358 e. The first-order valence-corrected chi connectivity index (χ1v) is 11.2. The number of thiocarbonyl (C=S) groups is 2. The van der Waals surface area contributed by atoms with E-state index in [1.54, 1.807) is 27.7 Å². The highest BCUT2D eigenvalue weighted by atomic mass is 32.1. The third-order valence-corrected chi connectivity index (χ3v) is 4.40. The average Bonchev–Trinajstić information content (AvgIpc) is 2.35. The molecule has 2 unspecified atom stereocenters. The second kappa shape index (κ2) is 9.69. The topological polar surface area (TPSA) is 193 Å². The Kier molecular flexibility index (Phi) is 9.54. The highest BCUT2D eigenvalue weighted by Crippen LogP contribution is 2.37. The van der Waals surface area contributed by atoms with Gasteiger partial charge >= 0.3 is 15.5 Å². The molecular formula is C10H26N6O6P2S2. The Balaban J connectivity index is 4.22. The first-order valence-electron chi connectivity index (χ1n) is 7.13. The molecule has 0 saturated heterocycles. The molecule has 0 aromatic rings. The number of nitrogens with two attached hydrogens (primary N) is 2. The van der Waals surface area contributed by atoms with Crippen LogP contribution < -0.4 is 32.5 Å². The van der Waals surface area contributed by atoms with Crippen LogP contribution in [0.1, 0.15) is 27.7 Å². The van der Waals surface area contributed by atoms with Crippen molar-refractivity contribution < 1.29 is 28.0 Å². The van der Waals surface area contributed by atoms with E-state index in [4.69, 9.17) is 54.3 Å². The van der Waals surface area contributed by atoms with E-state index in [-0.39, 0.29) is 23.3 Å². The number of nitrogens with one attached hydrogen (secondary N) is 4. The van der Waals surface area contributed by atoms with Gasteiger partial charge in [-0.25, -0.2) is 20.1 Å². The Morgan fingerprint density at radius 3 is 1.38 bits per heavy atom. The lowest BCUT2D eigenvalue weighted by Crippen LogP contribution is -2.54. The summed E-state index contributed by atoms with van der Waals surface area (Å²) in [6.07, 6.45) is 0. The van der Waals surface area contributed by atoms with Crippen molar-refractivity contribution in [3.8, 4) is 0 Å². The molecule has 0 amide bonds. The van der Waals surface area contributed by atoms with Crippen molar-refractivity contribution in [3.63, 3.8) is 0 Å². The monoisotopic (exact) mass is 452 g/mol. The fourth-order valence-electron chi connectivity index (χ4n) is 1.56. The molecular weight excluding hydrogens is 426 g/mol. The molecule has 0 saturated carbocycles. The van der Waals surface area contributed by atoms with E-state index >= 15 is 0 Å². The van der Waals surface area contributed by atoms with Gasteiger partial charge in [-0.15, -0.1) is 0 Å². The summed E-state index contributed by atoms with van der Waals surface area (Å²) in [5.41, 5.74) is 13.0. The maximum Gasteiger partial charge on any atom is 0.400 e. The highest BCUT2D eigenvalue weighted by molar-refractivity contribution is 7.80. The van der Waals surface area contributed by atoms with Gasteiger partial charge in [-0.2, -0.15) is 0 Å². The summed E-state index contributed by atoms with van der Waals surface area (Å²) in [6, 6.07) is 0. The minimum atomic E-state index is -4.13. The van der Waals surface area contributed by atoms with Gasteiger partial charge in [0.1, 0.15) is 0 Å². The van der Waals surface area contributed by atoms with Gasteiger partial charge in [0.15, 0.2) is 10.2 Å². The zero-order valence-electron chi connectivity index (χ0n) is 14.8. The standard InChI is InChI=1S/C10H26N6O6P2S2/c1-9(2,21-23(11,17)18)5-13-7(25)15-16-8(26)14-6-10(3,4)22-24(12,19)20/h5-6H2,1-4H3,(H3,11,17,18)(H3,12,19,20)(H2,13,15,25)(H2,14,16,26). The maximum atomic E-state index is 11.1. The Bertz CT molecular complexity index is 555. The molecule has 0 bridgehead atoms. The molecule has 0 spiro atoms. The van der Waals surface area contributed by atoms with E-state index in [0.29, 0.717) is 0 Å². The number of rotatable bonds is 8. The summed E-state index contributed by atoms with van der Waals surface area (Å²) < 4.78 is 31.8. The lowest BCUT2D eigenvalue weighted by molar-refractivity contribution is 0.0948. The molecule has 0 aliphatic rings. The number of hydrogen-bond acceptors (Lipinski definition) is 6. The third-order valence-electron chi connectivity index (χ3n) is 2.39. The van der Waals surface area contributed by atoms with Crippen molar-refractivity contribution in [2.75, 3.05) is 13.1 Å². The molecule has 0 heterocycles. The van der Waals surface area contributed by atoms with E-state index < -0.39 is 26.7 Å². The predicted octanol–water partition coefficient (Wildman–Crippen LogP) is -0.462. The van der Waals surface area contributed by atoms with Gasteiger partial charge < -0.3 is 20.4 Å². The third kappa shape index (κ3) is 14.7. The van der Waals surface area contributed by atoms with Crippen molar-refractivity contribution in [2.24, 2.45) is 11.0 Å². The molecule has 2 atom stereocenters. The SMILES string of the molecule is CC(C)(CNC(=S)NNC(=S)NCC(C)(C)OP(N)(=O)O)OP(N)(=O)O. The first kappa shape index (κ1) is 25.6. The summed E-state index contributed by atoms with van der Waals surface area (Å²) in [4.78, 5) is 18.1. The van der Waals surface area contributed by atoms with Crippen LogP contribution in [0.4, 0.5) is 0 Å². The van der Waals surface area contributed by atoms with Gasteiger partial charge in [0, 0.05) is 13.1 Å². The van der Waals surface area contributed by atoms with E-state index in [9.17, 15) is 9.13 Å². The second-order valence-corrected chi connectivity index (χ2v) is 9.88. The lowest BCUT2D eigenvalue weighted by Gasteiger charge is -2.28. The van der Waals surface area contributed by atoms with Crippen molar-refractivity contribution in [1.82, 2.24) is 21.5 Å². The van der Waals surface area contributed by atoms with Gasteiger partial charge in [-0.3, -0.25) is 19.9 Å². The number of hydrazine groups is 1. The molecule has 0 aromatic heterocycles. The fourth-order valence-corrected chi connectivity index (χ4v) is 3.35. The molecule has 16 heteroatoms. The first-order chi connectivity index (χ1) is 11.4. The molecule has 26 heavy (non-hydrogen) atoms. The summed E-state index contributed by atoms with van der Waals surface area (Å²) in [5.74, 6) is 0. The van der Waals surface area contributed by atoms with Crippen LogP contribution in [0, 0.1) is 0 Å². The second-order valence-electron chi connectivity index (χ2n) is 6.45. The predicted molar refractivity (Wildman–Crippen MR) is 106 cm³/mol. The highest BCUT2D eigenvalue weighted by Gasteiger charge is 2.28. The summed E-state index contributed by atoms with van der Waals surface area (Å²) in [7, 11) is -8.25. The Labute approximate surface area is 162 Å². The summed E-state index contributed by atoms with van der Waals surface area (Å²) in [5, 5.41) is 5.77. The quantitative estimate of drug-likeness (QED) is 0.134. The normalized spacial score (nSPS) is 16.8. The van der Waals surface area contributed by atoms with Crippen LogP contribution in [-0.2, 0) is 18.2 Å². The number of hydrogen-bond donors (Lipinski definition) is 8. The van der Waals surface area contributed by atoms with Crippen molar-refractivity contribution in [2.45, 2.75) is 38.9 Å². The van der Waals surface area contributed by atoms with Crippen molar-refractivity contribution >= 4 is 50.2 Å². The molecule has 0 aliphatic heterocycles. The Hall–Kier alpha value is -0.400. The van der Waals surface area contributed by atoms with Crippen LogP contribution in [0.3, 0.4) is 0 Å². The van der Waals surface area contributed by atoms with Gasteiger partial charge in [0.2, 0.25) is 0 Å². The largest absolute Gasteiger partial charge is 0.400 e. The van der Waals surface area contributed by atoms with E-state index in [1.807, 2.05) is 0 Å². The van der Waals surface area contributed by atoms with Gasteiger partial charge in [-0.1, -0.05) is 0 Å². The van der Waals surface area contributed by atoms with E-state index in [1.165, 1.54) is 0 Å². The van der Waals surface area contributed by atoms with Crippen molar-refractivity contribution in [3.05, 3.63) is 0 Å². The van der Waals surface area contributed by atoms with Crippen LogP contribution in [-0.4, -0.2) is 44.3 Å². The van der Waals surface area contributed by atoms with E-state index in [2.05, 4.69) is 21.5 Å². The van der Waals surface area contributed by atoms with Gasteiger partial charge in [-0.05, 0) is 52.1 Å². The van der Waals surface area contributed by atoms with Crippen LogP contribution in [0.25, 0.3) is 0 Å². The zero-order chi connectivity index (χ0) is 20.8. The fraction of sp³-hybridized carbons (Fsp3) is 0.800. The van der Waals surface area contributed by atoms with Crippen LogP contribution in [0.2, 0.25) is 0 Å². The Morgan fingerprint density at radius 2 is 1.15 bits per heavy atom. The summed E-state index contributed by atoms with van der Waals surface area (Å²) >= 11 is 10.0. The summed E-state index contributed by atoms with van der Waals surface area (Å²) in [6.45, 7) is 6.39. The molecule has 0 fully saturated rings.